The zero-order valence-corrected chi connectivity index (χ0v) is 8.15. The monoisotopic (exact) mass is 189 g/mol. The number of rotatable bonds is 1. The average Bonchev–Trinajstić information content (AvgIpc) is 2.44. The van der Waals surface area contributed by atoms with Crippen molar-refractivity contribution >= 4 is 11.4 Å². The third-order valence-corrected chi connectivity index (χ3v) is 2.24. The topological polar surface area (TPSA) is 39.2 Å². The van der Waals surface area contributed by atoms with Crippen molar-refractivity contribution in [3.63, 3.8) is 0 Å². The summed E-state index contributed by atoms with van der Waals surface area (Å²) < 4.78 is 5.28. The lowest BCUT2D eigenvalue weighted by Crippen LogP contribution is -2.28. The Kier molecular flexibility index (Phi) is 1.88. The van der Waals surface area contributed by atoms with Gasteiger partial charge in [0.05, 0.1) is 11.8 Å². The molecule has 1 aliphatic heterocycles. The Hall–Kier alpha value is -1.64. The van der Waals surface area contributed by atoms with Crippen molar-refractivity contribution in [1.82, 2.24) is 4.98 Å². The predicted molar refractivity (Wildman–Crippen MR) is 52.4 cm³/mol. The lowest BCUT2D eigenvalue weighted by Gasteiger charge is -2.15. The number of aromatic nitrogens is 1. The van der Waals surface area contributed by atoms with Gasteiger partial charge in [-0.2, -0.15) is 0 Å². The minimum atomic E-state index is -0.731. The molecule has 0 amide bonds. The molecule has 0 bridgehead atoms. The number of hydrogen-bond acceptors (Lipinski definition) is 3. The molecule has 2 rings (SSSR count). The highest BCUT2D eigenvalue weighted by Gasteiger charge is 2.37. The number of hydrogen-bond donors (Lipinski definition) is 0. The van der Waals surface area contributed by atoms with E-state index >= 15 is 0 Å². The van der Waals surface area contributed by atoms with Gasteiger partial charge in [0.1, 0.15) is 0 Å². The first kappa shape index (κ1) is 8.94. The smallest absolute Gasteiger partial charge is 0.209 e. The Morgan fingerprint density at radius 1 is 1.43 bits per heavy atom. The zero-order chi connectivity index (χ0) is 10.2. The van der Waals surface area contributed by atoms with Gasteiger partial charge in [0.25, 0.3) is 0 Å². The summed E-state index contributed by atoms with van der Waals surface area (Å²) in [6, 6.07) is 3.65. The fraction of sp³-hybridized carbons (Fsp3) is 0.273. The van der Waals surface area contributed by atoms with E-state index in [2.05, 4.69) is 4.98 Å². The number of nitrogens with zero attached hydrogens (tertiary/aromatic N) is 1. The lowest BCUT2D eigenvalue weighted by molar-refractivity contribution is -0.125. The number of carbonyl (C=O) groups is 1. The summed E-state index contributed by atoms with van der Waals surface area (Å²) in [4.78, 5) is 15.8. The fourth-order valence-corrected chi connectivity index (χ4v) is 1.36. The Balaban J connectivity index is 2.36. The number of ether oxygens (including phenoxy) is 1. The average molecular weight is 189 g/mol. The Bertz CT molecular complexity index is 393. The maximum Gasteiger partial charge on any atom is 0.209 e. The molecule has 0 N–H and O–H groups in total. The van der Waals surface area contributed by atoms with Gasteiger partial charge in [-0.3, -0.25) is 9.78 Å². The third-order valence-electron chi connectivity index (χ3n) is 2.24. The highest BCUT2D eigenvalue weighted by atomic mass is 16.5. The molecule has 2 heterocycles. The van der Waals surface area contributed by atoms with Crippen molar-refractivity contribution in [2.24, 2.45) is 0 Å². The third kappa shape index (κ3) is 1.31. The van der Waals surface area contributed by atoms with E-state index in [9.17, 15) is 4.79 Å². The van der Waals surface area contributed by atoms with E-state index in [-0.39, 0.29) is 5.78 Å². The fourth-order valence-electron chi connectivity index (χ4n) is 1.36. The zero-order valence-electron chi connectivity index (χ0n) is 8.15. The molecule has 0 fully saturated rings. The lowest BCUT2D eigenvalue weighted by atomic mass is 9.96. The van der Waals surface area contributed by atoms with Gasteiger partial charge in [-0.15, -0.1) is 0 Å². The summed E-state index contributed by atoms with van der Waals surface area (Å²) in [5, 5.41) is 0. The van der Waals surface area contributed by atoms with Gasteiger partial charge in [0, 0.05) is 18.0 Å². The minimum absolute atomic E-state index is 0.00509. The Morgan fingerprint density at radius 2 is 2.21 bits per heavy atom. The van der Waals surface area contributed by atoms with Gasteiger partial charge in [-0.05, 0) is 19.9 Å². The highest BCUT2D eigenvalue weighted by Crippen LogP contribution is 2.30. The van der Waals surface area contributed by atoms with Crippen LogP contribution in [0.25, 0.3) is 5.57 Å². The van der Waals surface area contributed by atoms with E-state index in [4.69, 9.17) is 4.74 Å². The summed E-state index contributed by atoms with van der Waals surface area (Å²) in [6.45, 7) is 3.52. The molecule has 0 saturated heterocycles. The highest BCUT2D eigenvalue weighted by molar-refractivity contribution is 6.25. The molecule has 0 spiro atoms. The molecule has 0 atom stereocenters. The number of pyridine rings is 1. The second kappa shape index (κ2) is 2.94. The van der Waals surface area contributed by atoms with Crippen LogP contribution >= 0.6 is 0 Å². The molecule has 0 aliphatic carbocycles. The largest absolute Gasteiger partial charge is 0.487 e. The molecular weight excluding hydrogens is 178 g/mol. The van der Waals surface area contributed by atoms with Gasteiger partial charge in [-0.1, -0.05) is 6.07 Å². The van der Waals surface area contributed by atoms with Gasteiger partial charge < -0.3 is 4.74 Å². The molecule has 3 heteroatoms. The molecule has 0 radical (unpaired) electrons. The molecule has 1 aliphatic rings. The van der Waals surface area contributed by atoms with Gasteiger partial charge in [-0.25, -0.2) is 0 Å². The maximum atomic E-state index is 11.8. The van der Waals surface area contributed by atoms with Crippen molar-refractivity contribution in [2.45, 2.75) is 19.4 Å². The van der Waals surface area contributed by atoms with Crippen molar-refractivity contribution in [3.8, 4) is 0 Å². The molecule has 72 valence electrons. The number of ketones is 1. The van der Waals surface area contributed by atoms with Crippen molar-refractivity contribution < 1.29 is 9.53 Å². The Labute approximate surface area is 82.4 Å². The summed E-state index contributed by atoms with van der Waals surface area (Å²) >= 11 is 0. The van der Waals surface area contributed by atoms with Crippen LogP contribution in [0.4, 0.5) is 0 Å². The number of Topliss-reactive ketones (excluding diaryl/α,β-unsaturated/α-hetero) is 1. The quantitative estimate of drug-likeness (QED) is 0.676. The van der Waals surface area contributed by atoms with Crippen LogP contribution in [0.5, 0.6) is 0 Å². The standard InChI is InChI=1S/C11H11NO2/c1-11(2)10(13)9(7-14-11)8-4-3-5-12-6-8/h3-7H,1-2H3. The minimum Gasteiger partial charge on any atom is -0.487 e. The molecule has 0 saturated carbocycles. The predicted octanol–water partition coefficient (Wildman–Crippen LogP) is 1.80. The molecule has 14 heavy (non-hydrogen) atoms. The van der Waals surface area contributed by atoms with Crippen molar-refractivity contribution in [2.75, 3.05) is 0 Å². The summed E-state index contributed by atoms with van der Waals surface area (Å²) in [6.07, 6.45) is 4.85. The van der Waals surface area contributed by atoms with Crippen LogP contribution in [-0.2, 0) is 9.53 Å². The van der Waals surface area contributed by atoms with Crippen LogP contribution in [0, 0.1) is 0 Å². The van der Waals surface area contributed by atoms with Gasteiger partial charge in [0.2, 0.25) is 5.78 Å². The van der Waals surface area contributed by atoms with Crippen LogP contribution in [0.15, 0.2) is 30.8 Å². The van der Waals surface area contributed by atoms with Gasteiger partial charge >= 0.3 is 0 Å². The first-order valence-corrected chi connectivity index (χ1v) is 4.44. The molecule has 0 aromatic carbocycles. The molecule has 3 nitrogen and oxygen atoms in total. The van der Waals surface area contributed by atoms with Gasteiger partial charge in [0.15, 0.2) is 5.60 Å². The second-order valence-electron chi connectivity index (χ2n) is 3.73. The molecule has 0 unspecified atom stereocenters. The summed E-state index contributed by atoms with van der Waals surface area (Å²) in [5.41, 5.74) is 0.678. The molecule has 1 aromatic heterocycles. The van der Waals surface area contributed by atoms with Crippen molar-refractivity contribution in [3.05, 3.63) is 36.4 Å². The normalized spacial score (nSPS) is 19.0. The second-order valence-corrected chi connectivity index (χ2v) is 3.73. The van der Waals surface area contributed by atoms with Crippen LogP contribution in [-0.4, -0.2) is 16.4 Å². The Morgan fingerprint density at radius 3 is 2.71 bits per heavy atom. The van der Waals surface area contributed by atoms with E-state index in [0.717, 1.165) is 5.56 Å². The van der Waals surface area contributed by atoms with E-state index < -0.39 is 5.60 Å². The van der Waals surface area contributed by atoms with Crippen LogP contribution in [0.3, 0.4) is 0 Å². The maximum absolute atomic E-state index is 11.8. The van der Waals surface area contributed by atoms with E-state index in [1.54, 1.807) is 32.3 Å². The molecular formula is C11H11NO2. The first-order chi connectivity index (χ1) is 6.61. The van der Waals surface area contributed by atoms with E-state index in [0.29, 0.717) is 5.57 Å². The summed E-state index contributed by atoms with van der Waals surface area (Å²) in [5.74, 6) is 0.00509. The van der Waals surface area contributed by atoms with Crippen molar-refractivity contribution in [1.29, 1.82) is 0 Å². The van der Waals surface area contributed by atoms with Crippen LogP contribution < -0.4 is 0 Å². The van der Waals surface area contributed by atoms with Crippen LogP contribution in [0.2, 0.25) is 0 Å². The number of carbonyl (C=O) groups excluding carboxylic acids is 1. The summed E-state index contributed by atoms with van der Waals surface area (Å²) in [7, 11) is 0. The SMILES string of the molecule is CC1(C)OC=C(c2cccnc2)C1=O. The first-order valence-electron chi connectivity index (χ1n) is 4.44. The van der Waals surface area contributed by atoms with E-state index in [1.165, 1.54) is 6.26 Å². The van der Waals surface area contributed by atoms with E-state index in [1.807, 2.05) is 6.07 Å². The molecule has 1 aromatic rings. The van der Waals surface area contributed by atoms with Crippen LogP contribution in [0.1, 0.15) is 19.4 Å².